The van der Waals surface area contributed by atoms with Crippen LogP contribution in [0.3, 0.4) is 0 Å². The molecule has 1 amide bonds. The van der Waals surface area contributed by atoms with E-state index in [2.05, 4.69) is 33.5 Å². The molecule has 0 aliphatic rings. The summed E-state index contributed by atoms with van der Waals surface area (Å²) in [4.78, 5) is 11.5. The molecule has 0 saturated heterocycles. The molecule has 0 aliphatic carbocycles. The van der Waals surface area contributed by atoms with E-state index in [-0.39, 0.29) is 12.5 Å². The van der Waals surface area contributed by atoms with Gasteiger partial charge in [-0.05, 0) is 31.2 Å². The third kappa shape index (κ3) is 6.74. The zero-order valence-electron chi connectivity index (χ0n) is 10.5. The van der Waals surface area contributed by atoms with E-state index in [9.17, 15) is 4.79 Å². The molecule has 0 bridgehead atoms. The lowest BCUT2D eigenvalue weighted by atomic mass is 10.3. The van der Waals surface area contributed by atoms with Crippen molar-refractivity contribution in [3.8, 4) is 0 Å². The number of anilines is 1. The topological polar surface area (TPSA) is 50.4 Å². The van der Waals surface area contributed by atoms with Crippen molar-refractivity contribution in [1.29, 1.82) is 0 Å². The quantitative estimate of drug-likeness (QED) is 0.724. The Balaban J connectivity index is 2.14. The molecule has 1 aromatic rings. The first kappa shape index (κ1) is 15.1. The Bertz CT molecular complexity index is 372. The van der Waals surface area contributed by atoms with Crippen LogP contribution >= 0.6 is 15.9 Å². The third-order valence-corrected chi connectivity index (χ3v) is 2.68. The number of hydrogen-bond acceptors (Lipinski definition) is 3. The molecule has 18 heavy (non-hydrogen) atoms. The van der Waals surface area contributed by atoms with Crippen LogP contribution in [-0.2, 0) is 9.53 Å². The Labute approximate surface area is 116 Å². The normalized spacial score (nSPS) is 10.3. The molecule has 0 saturated carbocycles. The predicted molar refractivity (Wildman–Crippen MR) is 76.8 cm³/mol. The Morgan fingerprint density at radius 2 is 2.22 bits per heavy atom. The molecule has 100 valence electrons. The predicted octanol–water partition coefficient (Wildman–Crippen LogP) is 2.40. The van der Waals surface area contributed by atoms with Gasteiger partial charge < -0.3 is 15.4 Å². The van der Waals surface area contributed by atoms with E-state index < -0.39 is 0 Å². The number of halogens is 1. The van der Waals surface area contributed by atoms with Crippen molar-refractivity contribution in [3.05, 3.63) is 28.7 Å². The molecule has 0 heterocycles. The van der Waals surface area contributed by atoms with Gasteiger partial charge in [-0.3, -0.25) is 4.79 Å². The van der Waals surface area contributed by atoms with Crippen molar-refractivity contribution in [3.63, 3.8) is 0 Å². The van der Waals surface area contributed by atoms with E-state index in [0.717, 1.165) is 29.7 Å². The van der Waals surface area contributed by atoms with Crippen molar-refractivity contribution in [1.82, 2.24) is 5.32 Å². The van der Waals surface area contributed by atoms with Crippen molar-refractivity contribution < 1.29 is 9.53 Å². The van der Waals surface area contributed by atoms with Gasteiger partial charge in [0.1, 0.15) is 6.61 Å². The lowest BCUT2D eigenvalue weighted by Gasteiger charge is -2.07. The van der Waals surface area contributed by atoms with Crippen LogP contribution in [-0.4, -0.2) is 32.2 Å². The van der Waals surface area contributed by atoms with Crippen molar-refractivity contribution >= 4 is 27.5 Å². The second-order valence-electron chi connectivity index (χ2n) is 3.86. The van der Waals surface area contributed by atoms with Gasteiger partial charge in [-0.15, -0.1) is 0 Å². The molecule has 0 radical (unpaired) electrons. The fourth-order valence-electron chi connectivity index (χ4n) is 1.37. The number of hydrogen-bond donors (Lipinski definition) is 2. The minimum Gasteiger partial charge on any atom is -0.370 e. The molecule has 1 rings (SSSR count). The molecule has 0 aliphatic heterocycles. The van der Waals surface area contributed by atoms with Crippen LogP contribution in [0.25, 0.3) is 0 Å². The van der Waals surface area contributed by atoms with Gasteiger partial charge in [0.25, 0.3) is 0 Å². The van der Waals surface area contributed by atoms with Crippen molar-refractivity contribution in [2.75, 3.05) is 31.6 Å². The summed E-state index contributed by atoms with van der Waals surface area (Å²) >= 11 is 3.35. The maximum atomic E-state index is 11.5. The lowest BCUT2D eigenvalue weighted by Crippen LogP contribution is -2.24. The number of nitrogens with one attached hydrogen (secondary N) is 2. The molecule has 0 atom stereocenters. The number of carbonyl (C=O) groups is 1. The number of carbonyl (C=O) groups excluding carboxylic acids is 1. The molecule has 0 spiro atoms. The molecular weight excluding hydrogens is 296 g/mol. The molecule has 0 unspecified atom stereocenters. The van der Waals surface area contributed by atoms with Crippen LogP contribution < -0.4 is 10.6 Å². The van der Waals surface area contributed by atoms with E-state index in [1.165, 1.54) is 0 Å². The Morgan fingerprint density at radius 3 is 2.94 bits per heavy atom. The minimum absolute atomic E-state index is 0.0836. The van der Waals surface area contributed by atoms with E-state index in [0.29, 0.717) is 6.61 Å². The van der Waals surface area contributed by atoms with Gasteiger partial charge in [-0.1, -0.05) is 28.9 Å². The van der Waals surface area contributed by atoms with Gasteiger partial charge in [0, 0.05) is 16.7 Å². The highest BCUT2D eigenvalue weighted by Crippen LogP contribution is 2.15. The van der Waals surface area contributed by atoms with Crippen LogP contribution in [0.1, 0.15) is 13.3 Å². The summed E-state index contributed by atoms with van der Waals surface area (Å²) in [6.07, 6.45) is 1.10. The molecular formula is C13H19BrN2O2. The van der Waals surface area contributed by atoms with Gasteiger partial charge >= 0.3 is 0 Å². The van der Waals surface area contributed by atoms with Crippen LogP contribution in [0, 0.1) is 0 Å². The van der Waals surface area contributed by atoms with Gasteiger partial charge in [0.05, 0.1) is 6.61 Å². The Morgan fingerprint density at radius 1 is 1.39 bits per heavy atom. The van der Waals surface area contributed by atoms with Crippen LogP contribution in [0.15, 0.2) is 28.7 Å². The van der Waals surface area contributed by atoms with Crippen LogP contribution in [0.5, 0.6) is 0 Å². The summed E-state index contributed by atoms with van der Waals surface area (Å²) in [6, 6.07) is 7.47. The van der Waals surface area contributed by atoms with Gasteiger partial charge in [0.15, 0.2) is 0 Å². The first-order valence-corrected chi connectivity index (χ1v) is 6.85. The highest BCUT2D eigenvalue weighted by atomic mass is 79.9. The zero-order valence-corrected chi connectivity index (χ0v) is 12.1. The number of ether oxygens (including phenoxy) is 1. The van der Waals surface area contributed by atoms with Crippen LogP contribution in [0.2, 0.25) is 0 Å². The van der Waals surface area contributed by atoms with E-state index >= 15 is 0 Å². The highest BCUT2D eigenvalue weighted by Gasteiger charge is 2.02. The summed E-state index contributed by atoms with van der Waals surface area (Å²) < 4.78 is 6.19. The Hall–Kier alpha value is -0.910. The average molecular weight is 315 g/mol. The summed E-state index contributed by atoms with van der Waals surface area (Å²) in [7, 11) is 0. The minimum atomic E-state index is -0.136. The number of amides is 1. The molecule has 0 aromatic heterocycles. The SMILES string of the molecule is CCCNCCOCC(=O)Nc1cccc(Br)c1. The van der Waals surface area contributed by atoms with Gasteiger partial charge in [0.2, 0.25) is 5.91 Å². The monoisotopic (exact) mass is 314 g/mol. The fraction of sp³-hybridized carbons (Fsp3) is 0.462. The maximum Gasteiger partial charge on any atom is 0.250 e. The first-order valence-electron chi connectivity index (χ1n) is 6.06. The highest BCUT2D eigenvalue weighted by molar-refractivity contribution is 9.10. The average Bonchev–Trinajstić information content (AvgIpc) is 2.33. The van der Waals surface area contributed by atoms with Crippen molar-refractivity contribution in [2.24, 2.45) is 0 Å². The maximum absolute atomic E-state index is 11.5. The summed E-state index contributed by atoms with van der Waals surface area (Å²) in [5, 5.41) is 5.97. The Kier molecular flexibility index (Phi) is 7.64. The van der Waals surface area contributed by atoms with E-state index in [4.69, 9.17) is 4.74 Å². The smallest absolute Gasteiger partial charge is 0.250 e. The van der Waals surface area contributed by atoms with Gasteiger partial charge in [-0.2, -0.15) is 0 Å². The number of rotatable bonds is 8. The third-order valence-electron chi connectivity index (χ3n) is 2.19. The summed E-state index contributed by atoms with van der Waals surface area (Å²) in [5.41, 5.74) is 0.766. The molecule has 0 fully saturated rings. The number of benzene rings is 1. The second kappa shape index (κ2) is 9.08. The standard InChI is InChI=1S/C13H19BrN2O2/c1-2-6-15-7-8-18-10-13(17)16-12-5-3-4-11(14)9-12/h3-5,9,15H,2,6-8,10H2,1H3,(H,16,17). The summed E-state index contributed by atoms with van der Waals surface area (Å²) in [5.74, 6) is -0.136. The first-order chi connectivity index (χ1) is 8.72. The molecule has 1 aromatic carbocycles. The van der Waals surface area contributed by atoms with Gasteiger partial charge in [-0.25, -0.2) is 0 Å². The zero-order chi connectivity index (χ0) is 13.2. The van der Waals surface area contributed by atoms with E-state index in [1.807, 2.05) is 24.3 Å². The lowest BCUT2D eigenvalue weighted by molar-refractivity contribution is -0.120. The molecule has 4 nitrogen and oxygen atoms in total. The fourth-order valence-corrected chi connectivity index (χ4v) is 1.77. The van der Waals surface area contributed by atoms with Crippen LogP contribution in [0.4, 0.5) is 5.69 Å². The second-order valence-corrected chi connectivity index (χ2v) is 4.78. The molecule has 2 N–H and O–H groups in total. The summed E-state index contributed by atoms with van der Waals surface area (Å²) in [6.45, 7) is 4.50. The van der Waals surface area contributed by atoms with Crippen molar-refractivity contribution in [2.45, 2.75) is 13.3 Å². The van der Waals surface area contributed by atoms with E-state index in [1.54, 1.807) is 0 Å². The molecule has 5 heteroatoms. The largest absolute Gasteiger partial charge is 0.370 e.